The highest BCUT2D eigenvalue weighted by atomic mass is 16.7. The van der Waals surface area contributed by atoms with Crippen molar-refractivity contribution in [3.05, 3.63) is 161 Å². The van der Waals surface area contributed by atoms with Gasteiger partial charge in [-0.25, -0.2) is 4.98 Å². The molecule has 54 heavy (non-hydrogen) atoms. The Morgan fingerprint density at radius 1 is 0.833 bits per heavy atom. The summed E-state index contributed by atoms with van der Waals surface area (Å²) >= 11 is 0. The molecular weight excluding hydrogens is 681 g/mol. The number of carbonyl (C=O) groups is 1. The van der Waals surface area contributed by atoms with Crippen LogP contribution in [0.2, 0.25) is 0 Å². The number of nitrogens with zero attached hydrogens (tertiary/aromatic N) is 3. The van der Waals surface area contributed by atoms with Gasteiger partial charge in [-0.3, -0.25) is 9.78 Å². The highest BCUT2D eigenvalue weighted by molar-refractivity contribution is 5.93. The van der Waals surface area contributed by atoms with Crippen LogP contribution >= 0.6 is 0 Å². The zero-order valence-electron chi connectivity index (χ0n) is 30.2. The number of amides is 1. The van der Waals surface area contributed by atoms with E-state index in [2.05, 4.69) is 28.3 Å². The molecule has 276 valence electrons. The zero-order valence-corrected chi connectivity index (χ0v) is 30.2. The first kappa shape index (κ1) is 36.9. The molecule has 0 saturated carbocycles. The van der Waals surface area contributed by atoms with E-state index in [1.54, 1.807) is 24.3 Å². The first-order valence-corrected chi connectivity index (χ1v) is 18.1. The maximum absolute atomic E-state index is 12.9. The number of aromatic hydroxyl groups is 1. The number of likely N-dealkylation sites (N-methyl/N-ethyl adjacent to an activating group) is 1. The van der Waals surface area contributed by atoms with E-state index >= 15 is 0 Å². The Balaban J connectivity index is 1.05. The van der Waals surface area contributed by atoms with Crippen molar-refractivity contribution >= 4 is 16.9 Å². The lowest BCUT2D eigenvalue weighted by Crippen LogP contribution is -2.44. The number of phenols is 1. The van der Waals surface area contributed by atoms with Crippen molar-refractivity contribution in [2.45, 2.75) is 44.7 Å². The molecule has 1 aromatic heterocycles. The maximum atomic E-state index is 12.9. The van der Waals surface area contributed by atoms with Crippen LogP contribution in [0.15, 0.2) is 128 Å². The SMILES string of the molecule is C[C@H]1[C@@H](CN(C)C[C@@H](O)c2cccc(O)c2)O[C@@H](c2ccc(-c3cccc(CNC(=O)c4cnc5ccccc5n4)c3)cc2)O[C@H]1c1ccc(CO)cc1. The second kappa shape index (κ2) is 16.7. The molecule has 4 N–H and O–H groups in total. The zero-order chi connectivity index (χ0) is 37.6. The number of nitrogens with one attached hydrogen (secondary N) is 1. The second-order valence-corrected chi connectivity index (χ2v) is 13.9. The summed E-state index contributed by atoms with van der Waals surface area (Å²) in [6.07, 6.45) is -0.448. The molecular formula is C44H44N4O6. The summed E-state index contributed by atoms with van der Waals surface area (Å²) in [6, 6.07) is 38.1. The summed E-state index contributed by atoms with van der Waals surface area (Å²) < 4.78 is 13.3. The number of hydrogen-bond donors (Lipinski definition) is 4. The highest BCUT2D eigenvalue weighted by Crippen LogP contribution is 2.42. The van der Waals surface area contributed by atoms with Crippen LogP contribution in [0.25, 0.3) is 22.2 Å². The van der Waals surface area contributed by atoms with Crippen molar-refractivity contribution < 1.29 is 29.6 Å². The van der Waals surface area contributed by atoms with Crippen LogP contribution in [0, 0.1) is 5.92 Å². The third-order valence-corrected chi connectivity index (χ3v) is 9.93. The molecule has 10 nitrogen and oxygen atoms in total. The minimum absolute atomic E-state index is 0.0302. The van der Waals surface area contributed by atoms with Gasteiger partial charge in [0.1, 0.15) is 11.4 Å². The van der Waals surface area contributed by atoms with E-state index in [0.717, 1.165) is 38.9 Å². The third-order valence-electron chi connectivity index (χ3n) is 9.93. The van der Waals surface area contributed by atoms with Gasteiger partial charge in [0.25, 0.3) is 5.91 Å². The first-order chi connectivity index (χ1) is 26.2. The normalized spacial score (nSPS) is 19.1. The molecule has 5 aromatic carbocycles. The van der Waals surface area contributed by atoms with Gasteiger partial charge >= 0.3 is 0 Å². The lowest BCUT2D eigenvalue weighted by molar-refractivity contribution is -0.276. The lowest BCUT2D eigenvalue weighted by Gasteiger charge is -2.42. The average molecular weight is 725 g/mol. The first-order valence-electron chi connectivity index (χ1n) is 18.1. The van der Waals surface area contributed by atoms with Gasteiger partial charge in [-0.05, 0) is 70.8 Å². The second-order valence-electron chi connectivity index (χ2n) is 13.9. The van der Waals surface area contributed by atoms with E-state index in [1.165, 1.54) is 6.20 Å². The Hall–Kier alpha value is -5.49. The van der Waals surface area contributed by atoms with Gasteiger partial charge < -0.3 is 35.0 Å². The van der Waals surface area contributed by atoms with Crippen molar-refractivity contribution in [1.29, 1.82) is 0 Å². The highest BCUT2D eigenvalue weighted by Gasteiger charge is 2.39. The van der Waals surface area contributed by atoms with Gasteiger partial charge in [-0.15, -0.1) is 0 Å². The molecule has 0 bridgehead atoms. The van der Waals surface area contributed by atoms with E-state index in [9.17, 15) is 20.1 Å². The van der Waals surface area contributed by atoms with Crippen molar-refractivity contribution in [1.82, 2.24) is 20.2 Å². The summed E-state index contributed by atoms with van der Waals surface area (Å²) in [5, 5.41) is 33.4. The number of rotatable bonds is 12. The Morgan fingerprint density at radius 2 is 1.57 bits per heavy atom. The van der Waals surface area contributed by atoms with E-state index in [0.29, 0.717) is 30.7 Å². The number of para-hydroxylation sites is 2. The van der Waals surface area contributed by atoms with Gasteiger partial charge in [-0.1, -0.05) is 97.9 Å². The molecule has 0 unspecified atom stereocenters. The molecule has 5 atom stereocenters. The summed E-state index contributed by atoms with van der Waals surface area (Å²) in [4.78, 5) is 23.7. The van der Waals surface area contributed by atoms with Gasteiger partial charge in [-0.2, -0.15) is 0 Å². The number of phenolic OH excluding ortho intramolecular Hbond substituents is 1. The molecule has 1 aliphatic rings. The standard InChI is InChI=1S/C44H44N4O6/c1-28-41(26-48(2)25-40(51)35-9-6-10-36(50)22-35)53-44(54-42(28)32-15-13-29(27-49)14-16-32)33-19-17-31(18-20-33)34-8-5-7-30(21-34)23-46-43(52)39-24-45-37-11-3-4-12-38(37)47-39/h3-22,24,28,40-42,44,49-51H,23,25-27H2,1-2H3,(H,46,52)/t28-,40+,41+,42+,44+/m0/s1. The predicted octanol–water partition coefficient (Wildman–Crippen LogP) is 6.88. The topological polar surface area (TPSA) is 137 Å². The quantitative estimate of drug-likeness (QED) is 0.106. The summed E-state index contributed by atoms with van der Waals surface area (Å²) in [5.74, 6) is -0.203. The fourth-order valence-electron chi connectivity index (χ4n) is 6.88. The third kappa shape index (κ3) is 8.65. The van der Waals surface area contributed by atoms with E-state index < -0.39 is 12.4 Å². The van der Waals surface area contributed by atoms with Crippen LogP contribution in [0.4, 0.5) is 0 Å². The molecule has 1 aliphatic heterocycles. The smallest absolute Gasteiger partial charge is 0.271 e. The number of aliphatic hydroxyl groups is 2. The van der Waals surface area contributed by atoms with Crippen molar-refractivity contribution in [2.24, 2.45) is 5.92 Å². The Morgan fingerprint density at radius 3 is 2.33 bits per heavy atom. The molecule has 0 aliphatic carbocycles. The molecule has 1 amide bonds. The number of ether oxygens (including phenoxy) is 2. The summed E-state index contributed by atoms with van der Waals surface area (Å²) in [6.45, 7) is 3.30. The van der Waals surface area contributed by atoms with Crippen LogP contribution in [-0.2, 0) is 22.6 Å². The van der Waals surface area contributed by atoms with Gasteiger partial charge in [0.05, 0.1) is 42.1 Å². The van der Waals surface area contributed by atoms with Crippen LogP contribution in [0.3, 0.4) is 0 Å². The molecule has 1 saturated heterocycles. The van der Waals surface area contributed by atoms with Crippen molar-refractivity contribution in [3.63, 3.8) is 0 Å². The van der Waals surface area contributed by atoms with Crippen LogP contribution in [-0.4, -0.2) is 62.3 Å². The molecule has 0 spiro atoms. The summed E-state index contributed by atoms with van der Waals surface area (Å²) in [5.41, 5.74) is 7.97. The number of hydrogen-bond acceptors (Lipinski definition) is 9. The minimum atomic E-state index is -0.781. The largest absolute Gasteiger partial charge is 0.508 e. The predicted molar refractivity (Wildman–Crippen MR) is 206 cm³/mol. The average Bonchev–Trinajstić information content (AvgIpc) is 3.20. The van der Waals surface area contributed by atoms with Crippen LogP contribution in [0.1, 0.15) is 63.7 Å². The number of fused-ring (bicyclic) bond motifs is 1. The van der Waals surface area contributed by atoms with Gasteiger partial charge in [0, 0.05) is 31.1 Å². The molecule has 1 fully saturated rings. The number of aromatic nitrogens is 2. The molecule has 2 heterocycles. The van der Waals surface area contributed by atoms with Crippen molar-refractivity contribution in [2.75, 3.05) is 20.1 Å². The summed E-state index contributed by atoms with van der Waals surface area (Å²) in [7, 11) is 1.95. The van der Waals surface area contributed by atoms with Gasteiger partial charge in [0.2, 0.25) is 0 Å². The fourth-order valence-corrected chi connectivity index (χ4v) is 6.88. The Labute approximate surface area is 314 Å². The fraction of sp³-hybridized carbons (Fsp3) is 0.250. The minimum Gasteiger partial charge on any atom is -0.508 e. The number of aliphatic hydroxyl groups excluding tert-OH is 2. The Bertz CT molecular complexity index is 2200. The van der Waals surface area contributed by atoms with Gasteiger partial charge in [0.15, 0.2) is 6.29 Å². The lowest BCUT2D eigenvalue weighted by atomic mass is 9.90. The van der Waals surface area contributed by atoms with Crippen LogP contribution in [0.5, 0.6) is 5.75 Å². The molecule has 0 radical (unpaired) electrons. The van der Waals surface area contributed by atoms with E-state index in [4.69, 9.17) is 9.47 Å². The number of benzene rings is 5. The maximum Gasteiger partial charge on any atom is 0.271 e. The molecule has 7 rings (SSSR count). The molecule has 6 aromatic rings. The van der Waals surface area contributed by atoms with E-state index in [1.807, 2.05) is 103 Å². The molecule has 10 heteroatoms. The number of carbonyl (C=O) groups excluding carboxylic acids is 1. The van der Waals surface area contributed by atoms with Crippen molar-refractivity contribution in [3.8, 4) is 16.9 Å². The van der Waals surface area contributed by atoms with E-state index in [-0.39, 0.29) is 42.1 Å². The monoisotopic (exact) mass is 724 g/mol. The van der Waals surface area contributed by atoms with Crippen LogP contribution < -0.4 is 5.32 Å². The Kier molecular flexibility index (Phi) is 11.4.